The number of aromatic nitrogens is 1. The lowest BCUT2D eigenvalue weighted by Crippen LogP contribution is -1.95. The minimum Gasteiger partial charge on any atom is -0.505 e. The first kappa shape index (κ1) is 7.67. The maximum Gasteiger partial charge on any atom is 0.341 e. The number of aromatic carboxylic acids is 1. The smallest absolute Gasteiger partial charge is 0.341 e. The molecular formula is C9H7NO3. The van der Waals surface area contributed by atoms with Crippen LogP contribution in [0.1, 0.15) is 10.4 Å². The van der Waals surface area contributed by atoms with Crippen molar-refractivity contribution in [2.75, 3.05) is 0 Å². The van der Waals surface area contributed by atoms with Crippen LogP contribution in [0.15, 0.2) is 30.6 Å². The van der Waals surface area contributed by atoms with Crippen LogP contribution in [-0.4, -0.2) is 20.6 Å². The second-order valence-corrected chi connectivity index (χ2v) is 2.69. The molecule has 2 aromatic rings. The molecule has 0 saturated carbocycles. The summed E-state index contributed by atoms with van der Waals surface area (Å²) < 4.78 is 1.57. The molecule has 0 atom stereocenters. The molecule has 2 rings (SSSR count). The average molecular weight is 177 g/mol. The lowest BCUT2D eigenvalue weighted by atomic mass is 10.2. The van der Waals surface area contributed by atoms with Crippen LogP contribution >= 0.6 is 0 Å². The third kappa shape index (κ3) is 1.03. The van der Waals surface area contributed by atoms with Gasteiger partial charge in [0.05, 0.1) is 11.7 Å². The fourth-order valence-electron chi connectivity index (χ4n) is 1.33. The van der Waals surface area contributed by atoms with Crippen LogP contribution < -0.4 is 0 Å². The first-order chi connectivity index (χ1) is 6.20. The molecule has 0 saturated heterocycles. The molecule has 0 spiro atoms. The van der Waals surface area contributed by atoms with Crippen molar-refractivity contribution in [1.82, 2.24) is 4.40 Å². The minimum absolute atomic E-state index is 0.0550. The molecule has 0 amide bonds. The summed E-state index contributed by atoms with van der Waals surface area (Å²) in [6, 6.07) is 5.13. The number of rotatable bonds is 1. The van der Waals surface area contributed by atoms with Crippen molar-refractivity contribution in [3.63, 3.8) is 0 Å². The fourth-order valence-corrected chi connectivity index (χ4v) is 1.33. The van der Waals surface area contributed by atoms with Crippen LogP contribution in [0.4, 0.5) is 0 Å². The Balaban J connectivity index is 2.86. The number of carboxylic acids is 1. The van der Waals surface area contributed by atoms with Gasteiger partial charge in [-0.15, -0.1) is 0 Å². The first-order valence-corrected chi connectivity index (χ1v) is 3.72. The zero-order valence-electron chi connectivity index (χ0n) is 6.64. The van der Waals surface area contributed by atoms with Crippen molar-refractivity contribution < 1.29 is 15.0 Å². The van der Waals surface area contributed by atoms with E-state index in [0.717, 1.165) is 0 Å². The Morgan fingerprint density at radius 3 is 2.85 bits per heavy atom. The number of nitrogens with zero attached hydrogens (tertiary/aromatic N) is 1. The van der Waals surface area contributed by atoms with Gasteiger partial charge in [0, 0.05) is 6.20 Å². The molecule has 0 unspecified atom stereocenters. The van der Waals surface area contributed by atoms with E-state index < -0.39 is 5.97 Å². The topological polar surface area (TPSA) is 61.9 Å². The Kier molecular flexibility index (Phi) is 1.48. The van der Waals surface area contributed by atoms with E-state index in [0.29, 0.717) is 5.52 Å². The van der Waals surface area contributed by atoms with E-state index in [9.17, 15) is 9.90 Å². The summed E-state index contributed by atoms with van der Waals surface area (Å²) in [4.78, 5) is 10.7. The van der Waals surface area contributed by atoms with Gasteiger partial charge in [0.25, 0.3) is 0 Å². The van der Waals surface area contributed by atoms with Crippen LogP contribution in [-0.2, 0) is 0 Å². The number of aromatic hydroxyl groups is 1. The third-order valence-electron chi connectivity index (χ3n) is 1.88. The SMILES string of the molecule is O=C(O)c1c(O)cn2ccccc12. The van der Waals surface area contributed by atoms with E-state index in [2.05, 4.69) is 0 Å². The highest BCUT2D eigenvalue weighted by molar-refractivity contribution is 5.99. The molecule has 4 nitrogen and oxygen atoms in total. The number of fused-ring (bicyclic) bond motifs is 1. The minimum atomic E-state index is -1.12. The van der Waals surface area contributed by atoms with Crippen LogP contribution in [0, 0.1) is 0 Å². The quantitative estimate of drug-likeness (QED) is 0.691. The van der Waals surface area contributed by atoms with Crippen molar-refractivity contribution in [2.45, 2.75) is 0 Å². The molecule has 0 aliphatic carbocycles. The molecule has 0 aromatic carbocycles. The highest BCUT2D eigenvalue weighted by Gasteiger charge is 2.15. The Labute approximate surface area is 73.7 Å². The molecule has 66 valence electrons. The van der Waals surface area contributed by atoms with E-state index >= 15 is 0 Å². The summed E-state index contributed by atoms with van der Waals surface area (Å²) in [5.41, 5.74) is 0.438. The lowest BCUT2D eigenvalue weighted by Gasteiger charge is -1.93. The molecule has 4 heteroatoms. The van der Waals surface area contributed by atoms with Crippen LogP contribution in [0.3, 0.4) is 0 Å². The Hall–Kier alpha value is -1.97. The van der Waals surface area contributed by atoms with E-state index in [1.807, 2.05) is 0 Å². The molecule has 0 aliphatic heterocycles. The van der Waals surface area contributed by atoms with Gasteiger partial charge in [0.1, 0.15) is 11.3 Å². The molecular weight excluding hydrogens is 170 g/mol. The van der Waals surface area contributed by atoms with Crippen LogP contribution in [0.25, 0.3) is 5.52 Å². The van der Waals surface area contributed by atoms with Crippen molar-refractivity contribution in [1.29, 1.82) is 0 Å². The van der Waals surface area contributed by atoms with Gasteiger partial charge in [-0.3, -0.25) is 0 Å². The van der Waals surface area contributed by atoms with Crippen molar-refractivity contribution in [3.05, 3.63) is 36.2 Å². The van der Waals surface area contributed by atoms with Gasteiger partial charge in [0.2, 0.25) is 0 Å². The Bertz CT molecular complexity index is 473. The number of hydrogen-bond acceptors (Lipinski definition) is 2. The molecule has 0 fully saturated rings. The van der Waals surface area contributed by atoms with Gasteiger partial charge in [0.15, 0.2) is 0 Å². The van der Waals surface area contributed by atoms with E-state index in [-0.39, 0.29) is 11.3 Å². The monoisotopic (exact) mass is 177 g/mol. The molecule has 2 aromatic heterocycles. The van der Waals surface area contributed by atoms with Gasteiger partial charge in [-0.1, -0.05) is 6.07 Å². The summed E-state index contributed by atoms with van der Waals surface area (Å²) in [6.45, 7) is 0. The number of pyridine rings is 1. The summed E-state index contributed by atoms with van der Waals surface area (Å²) in [7, 11) is 0. The zero-order valence-corrected chi connectivity index (χ0v) is 6.64. The predicted octanol–water partition coefficient (Wildman–Crippen LogP) is 1.34. The maximum absolute atomic E-state index is 10.7. The molecule has 0 bridgehead atoms. The van der Waals surface area contributed by atoms with Gasteiger partial charge < -0.3 is 14.6 Å². The predicted molar refractivity (Wildman–Crippen MR) is 46.0 cm³/mol. The second-order valence-electron chi connectivity index (χ2n) is 2.69. The van der Waals surface area contributed by atoms with Crippen molar-refractivity contribution in [2.24, 2.45) is 0 Å². The normalized spacial score (nSPS) is 10.5. The van der Waals surface area contributed by atoms with Crippen LogP contribution in [0.2, 0.25) is 0 Å². The molecule has 2 heterocycles. The lowest BCUT2D eigenvalue weighted by molar-refractivity contribution is 0.0696. The Morgan fingerprint density at radius 1 is 1.38 bits per heavy atom. The van der Waals surface area contributed by atoms with Crippen LogP contribution in [0.5, 0.6) is 5.75 Å². The fraction of sp³-hybridized carbons (Fsp3) is 0. The number of hydrogen-bond donors (Lipinski definition) is 2. The standard InChI is InChI=1S/C9H7NO3/c11-7-5-10-4-2-1-3-6(10)8(7)9(12)13/h1-5,11H,(H,12,13). The molecule has 0 radical (unpaired) electrons. The molecule has 2 N–H and O–H groups in total. The third-order valence-corrected chi connectivity index (χ3v) is 1.88. The first-order valence-electron chi connectivity index (χ1n) is 3.72. The summed E-state index contributed by atoms with van der Waals surface area (Å²) in [5, 5.41) is 18.1. The number of carboxylic acid groups (broad SMARTS) is 1. The van der Waals surface area contributed by atoms with Gasteiger partial charge in [-0.05, 0) is 12.1 Å². The van der Waals surface area contributed by atoms with E-state index in [1.54, 1.807) is 28.8 Å². The van der Waals surface area contributed by atoms with E-state index in [1.165, 1.54) is 6.20 Å². The van der Waals surface area contributed by atoms with Crippen molar-refractivity contribution in [3.8, 4) is 5.75 Å². The summed E-state index contributed by atoms with van der Waals surface area (Å²) >= 11 is 0. The highest BCUT2D eigenvalue weighted by atomic mass is 16.4. The van der Waals surface area contributed by atoms with Gasteiger partial charge >= 0.3 is 5.97 Å². The summed E-state index contributed by atoms with van der Waals surface area (Å²) in [5.74, 6) is -1.33. The highest BCUT2D eigenvalue weighted by Crippen LogP contribution is 2.23. The van der Waals surface area contributed by atoms with Gasteiger partial charge in [-0.25, -0.2) is 4.79 Å². The zero-order chi connectivity index (χ0) is 9.42. The average Bonchev–Trinajstić information content (AvgIpc) is 2.39. The molecule has 13 heavy (non-hydrogen) atoms. The molecule has 0 aliphatic rings. The second kappa shape index (κ2) is 2.52. The largest absolute Gasteiger partial charge is 0.505 e. The maximum atomic E-state index is 10.7. The Morgan fingerprint density at radius 2 is 2.15 bits per heavy atom. The summed E-state index contributed by atoms with van der Waals surface area (Å²) in [6.07, 6.45) is 3.06. The van der Waals surface area contributed by atoms with Crippen molar-refractivity contribution >= 4 is 11.5 Å². The number of carbonyl (C=O) groups is 1. The van der Waals surface area contributed by atoms with E-state index in [4.69, 9.17) is 5.11 Å². The van der Waals surface area contributed by atoms with Gasteiger partial charge in [-0.2, -0.15) is 0 Å².